The van der Waals surface area contributed by atoms with E-state index in [1.165, 1.54) is 0 Å². The zero-order chi connectivity index (χ0) is 8.97. The number of allylic oxidation sites excluding steroid dienone is 4. The van der Waals surface area contributed by atoms with Gasteiger partial charge in [0, 0.05) is 6.42 Å². The molecule has 0 heterocycles. The monoisotopic (exact) mass is 167 g/mol. The van der Waals surface area contributed by atoms with Gasteiger partial charge in [-0.25, -0.2) is 0 Å². The molecule has 1 aliphatic carbocycles. The van der Waals surface area contributed by atoms with Crippen LogP contribution in [0.25, 0.3) is 0 Å². The van der Waals surface area contributed by atoms with E-state index < -0.39 is 5.97 Å². The molecule has 0 atom stereocenters. The molecule has 0 fully saturated rings. The van der Waals surface area contributed by atoms with Crippen LogP contribution in [0.4, 0.5) is 0 Å². The minimum absolute atomic E-state index is 0.0706. The second kappa shape index (κ2) is 3.71. The zero-order valence-corrected chi connectivity index (χ0v) is 6.41. The average Bonchev–Trinajstić information content (AvgIpc) is 2.03. The highest BCUT2D eigenvalue weighted by atomic mass is 16.4. The number of hydrogen-bond donors (Lipinski definition) is 2. The Morgan fingerprint density at radius 2 is 2.42 bits per heavy atom. The topological polar surface area (TPSA) is 66.4 Å². The van der Waals surface area contributed by atoms with E-state index >= 15 is 0 Å². The number of hydrogen-bond acceptors (Lipinski definition) is 3. The van der Waals surface area contributed by atoms with Gasteiger partial charge in [-0.05, 0) is 6.08 Å². The van der Waals surface area contributed by atoms with Gasteiger partial charge in [0.05, 0.1) is 5.70 Å². The van der Waals surface area contributed by atoms with Crippen LogP contribution in [-0.4, -0.2) is 23.4 Å². The van der Waals surface area contributed by atoms with Crippen LogP contribution >= 0.6 is 0 Å². The number of carbonyl (C=O) groups is 2. The summed E-state index contributed by atoms with van der Waals surface area (Å²) in [5, 5.41) is 10.8. The summed E-state index contributed by atoms with van der Waals surface area (Å²) in [5.41, 5.74) is 0.375. The molecule has 0 amide bonds. The minimum atomic E-state index is -0.974. The van der Waals surface area contributed by atoms with Gasteiger partial charge in [-0.2, -0.15) is 0 Å². The summed E-state index contributed by atoms with van der Waals surface area (Å²) >= 11 is 0. The molecule has 0 bridgehead atoms. The average molecular weight is 167 g/mol. The highest BCUT2D eigenvalue weighted by Crippen LogP contribution is 2.03. The number of carboxylic acids is 1. The van der Waals surface area contributed by atoms with Gasteiger partial charge < -0.3 is 10.4 Å². The Morgan fingerprint density at radius 1 is 1.67 bits per heavy atom. The van der Waals surface area contributed by atoms with Crippen molar-refractivity contribution in [2.75, 3.05) is 6.54 Å². The minimum Gasteiger partial charge on any atom is -0.480 e. The molecular formula is C8H9NO3. The van der Waals surface area contributed by atoms with Gasteiger partial charge in [0.15, 0.2) is 5.78 Å². The van der Waals surface area contributed by atoms with Crippen LogP contribution in [-0.2, 0) is 9.59 Å². The number of carbonyl (C=O) groups excluding carboxylic acids is 1. The predicted octanol–water partition coefficient (Wildman–Crippen LogP) is 0.0735. The summed E-state index contributed by atoms with van der Waals surface area (Å²) in [7, 11) is 0. The summed E-state index contributed by atoms with van der Waals surface area (Å²) in [6.45, 7) is -0.217. The van der Waals surface area contributed by atoms with Crippen LogP contribution in [0.5, 0.6) is 0 Å². The fraction of sp³-hybridized carbons (Fsp3) is 0.250. The van der Waals surface area contributed by atoms with Crippen molar-refractivity contribution in [1.82, 2.24) is 5.32 Å². The zero-order valence-electron chi connectivity index (χ0n) is 6.41. The van der Waals surface area contributed by atoms with Crippen molar-refractivity contribution in [2.45, 2.75) is 6.42 Å². The van der Waals surface area contributed by atoms with Gasteiger partial charge in [0.1, 0.15) is 6.54 Å². The van der Waals surface area contributed by atoms with Crippen LogP contribution in [0.3, 0.4) is 0 Å². The lowest BCUT2D eigenvalue weighted by Gasteiger charge is -2.08. The van der Waals surface area contributed by atoms with Crippen molar-refractivity contribution in [3.05, 3.63) is 23.9 Å². The number of nitrogens with one attached hydrogen (secondary N) is 1. The number of ketones is 1. The van der Waals surface area contributed by atoms with E-state index in [4.69, 9.17) is 5.11 Å². The molecule has 1 rings (SSSR count). The first-order valence-corrected chi connectivity index (χ1v) is 3.56. The van der Waals surface area contributed by atoms with Gasteiger partial charge in [-0.3, -0.25) is 9.59 Å². The Balaban J connectivity index is 2.50. The van der Waals surface area contributed by atoms with E-state index in [1.54, 1.807) is 18.2 Å². The number of carboxylic acid groups (broad SMARTS) is 1. The normalized spacial score (nSPS) is 15.7. The first-order chi connectivity index (χ1) is 5.70. The molecule has 0 aliphatic heterocycles. The second-order valence-electron chi connectivity index (χ2n) is 2.38. The SMILES string of the molecule is O=C(O)CNC1=CC=CCC1=O. The molecule has 2 N–H and O–H groups in total. The van der Waals surface area contributed by atoms with Crippen LogP contribution in [0, 0.1) is 0 Å². The molecule has 0 spiro atoms. The molecule has 64 valence electrons. The van der Waals surface area contributed by atoms with Gasteiger partial charge in [0.25, 0.3) is 0 Å². The van der Waals surface area contributed by atoms with Crippen LogP contribution in [0.15, 0.2) is 23.9 Å². The van der Waals surface area contributed by atoms with Gasteiger partial charge in [-0.15, -0.1) is 0 Å². The Bertz CT molecular complexity index is 265. The van der Waals surface area contributed by atoms with E-state index in [-0.39, 0.29) is 12.3 Å². The summed E-state index contributed by atoms with van der Waals surface area (Å²) in [6, 6.07) is 0. The van der Waals surface area contributed by atoms with E-state index in [9.17, 15) is 9.59 Å². The Morgan fingerprint density at radius 3 is 3.00 bits per heavy atom. The van der Waals surface area contributed by atoms with E-state index in [0.717, 1.165) is 0 Å². The largest absolute Gasteiger partial charge is 0.480 e. The molecule has 4 nitrogen and oxygen atoms in total. The molecule has 0 aromatic heterocycles. The maximum atomic E-state index is 11.0. The maximum Gasteiger partial charge on any atom is 0.322 e. The number of Topliss-reactive ketones (excluding diaryl/α,β-unsaturated/α-hetero) is 1. The Hall–Kier alpha value is -1.58. The van der Waals surface area contributed by atoms with E-state index in [1.807, 2.05) is 0 Å². The molecule has 0 radical (unpaired) electrons. The fourth-order valence-corrected chi connectivity index (χ4v) is 0.871. The van der Waals surface area contributed by atoms with Crippen LogP contribution in [0.2, 0.25) is 0 Å². The summed E-state index contributed by atoms with van der Waals surface area (Å²) < 4.78 is 0. The van der Waals surface area contributed by atoms with Gasteiger partial charge in [-0.1, -0.05) is 12.2 Å². The van der Waals surface area contributed by atoms with Crippen molar-refractivity contribution in [2.24, 2.45) is 0 Å². The quantitative estimate of drug-likeness (QED) is 0.624. The van der Waals surface area contributed by atoms with Crippen molar-refractivity contribution < 1.29 is 14.7 Å². The summed E-state index contributed by atoms with van der Waals surface area (Å²) in [6.07, 6.45) is 5.38. The molecule has 0 unspecified atom stereocenters. The third kappa shape index (κ3) is 2.23. The first-order valence-electron chi connectivity index (χ1n) is 3.56. The molecule has 1 aliphatic rings. The molecule has 12 heavy (non-hydrogen) atoms. The lowest BCUT2D eigenvalue weighted by molar-refractivity contribution is -0.135. The van der Waals surface area contributed by atoms with Crippen molar-refractivity contribution >= 4 is 11.8 Å². The van der Waals surface area contributed by atoms with Crippen molar-refractivity contribution in [3.63, 3.8) is 0 Å². The standard InChI is InChI=1S/C8H9NO3/c10-7-4-2-1-3-6(7)9-5-8(11)12/h1-3,9H,4-5H2,(H,11,12). The second-order valence-corrected chi connectivity index (χ2v) is 2.38. The number of rotatable bonds is 3. The van der Waals surface area contributed by atoms with Gasteiger partial charge in [0.2, 0.25) is 0 Å². The molecule has 0 saturated heterocycles. The molecule has 0 aromatic rings. The third-order valence-corrected chi connectivity index (χ3v) is 1.43. The van der Waals surface area contributed by atoms with Crippen molar-refractivity contribution in [3.8, 4) is 0 Å². The van der Waals surface area contributed by atoms with Crippen LogP contribution in [0.1, 0.15) is 6.42 Å². The summed E-state index contributed by atoms with van der Waals surface area (Å²) in [5.74, 6) is -1.04. The predicted molar refractivity (Wildman–Crippen MR) is 42.5 cm³/mol. The molecule has 0 aromatic carbocycles. The maximum absolute atomic E-state index is 11.0. The Kier molecular flexibility index (Phi) is 2.63. The fourth-order valence-electron chi connectivity index (χ4n) is 0.871. The number of aliphatic carboxylic acids is 1. The van der Waals surface area contributed by atoms with Gasteiger partial charge >= 0.3 is 5.97 Å². The molecule has 0 saturated carbocycles. The highest BCUT2D eigenvalue weighted by molar-refractivity contribution is 5.97. The van der Waals surface area contributed by atoms with E-state index in [2.05, 4.69) is 5.32 Å². The smallest absolute Gasteiger partial charge is 0.322 e. The van der Waals surface area contributed by atoms with E-state index in [0.29, 0.717) is 12.1 Å². The lowest BCUT2D eigenvalue weighted by Crippen LogP contribution is -2.26. The molecular weight excluding hydrogens is 158 g/mol. The molecule has 4 heteroatoms. The lowest BCUT2D eigenvalue weighted by atomic mass is 10.1. The third-order valence-electron chi connectivity index (χ3n) is 1.43. The summed E-state index contributed by atoms with van der Waals surface area (Å²) in [4.78, 5) is 21.2. The first kappa shape index (κ1) is 8.52. The van der Waals surface area contributed by atoms with Crippen LogP contribution < -0.4 is 5.32 Å². The Labute approximate surface area is 69.6 Å². The highest BCUT2D eigenvalue weighted by Gasteiger charge is 2.10. The van der Waals surface area contributed by atoms with Crippen molar-refractivity contribution in [1.29, 1.82) is 0 Å².